The summed E-state index contributed by atoms with van der Waals surface area (Å²) < 4.78 is 0. The number of allylic oxidation sites excluding steroid dienone is 4. The zero-order chi connectivity index (χ0) is 22.4. The molecule has 1 aliphatic carbocycles. The predicted octanol–water partition coefficient (Wildman–Crippen LogP) is 5.78. The number of aryl methyl sites for hydroxylation is 1. The molecule has 2 aromatic carbocycles. The Morgan fingerprint density at radius 2 is 1.65 bits per heavy atom. The van der Waals surface area contributed by atoms with E-state index < -0.39 is 11.9 Å². The highest BCUT2D eigenvalue weighted by atomic mass is 16.4. The van der Waals surface area contributed by atoms with Crippen molar-refractivity contribution in [3.63, 3.8) is 0 Å². The van der Waals surface area contributed by atoms with Crippen molar-refractivity contribution < 1.29 is 19.5 Å². The maximum atomic E-state index is 12.7. The number of Topliss-reactive ketones (excluding diaryl/α,β-unsaturated/α-hetero) is 2. The molecule has 0 radical (unpaired) electrons. The van der Waals surface area contributed by atoms with Gasteiger partial charge in [-0.2, -0.15) is 0 Å². The smallest absolute Gasteiger partial charge is 0.306 e. The molecule has 0 fully saturated rings. The zero-order valence-corrected chi connectivity index (χ0v) is 18.0. The van der Waals surface area contributed by atoms with Crippen molar-refractivity contribution in [2.75, 3.05) is 0 Å². The summed E-state index contributed by atoms with van der Waals surface area (Å²) >= 11 is 0. The van der Waals surface area contributed by atoms with Gasteiger partial charge in [0.05, 0.1) is 5.92 Å². The Balaban J connectivity index is 1.60. The topological polar surface area (TPSA) is 71.4 Å². The highest BCUT2D eigenvalue weighted by molar-refractivity contribution is 5.98. The molecule has 0 heterocycles. The Labute approximate surface area is 183 Å². The second-order valence-electron chi connectivity index (χ2n) is 8.26. The van der Waals surface area contributed by atoms with Gasteiger partial charge in [0, 0.05) is 17.5 Å². The van der Waals surface area contributed by atoms with Crippen molar-refractivity contribution >= 4 is 23.1 Å². The molecule has 1 N–H and O–H groups in total. The molecule has 160 valence electrons. The predicted molar refractivity (Wildman–Crippen MR) is 122 cm³/mol. The van der Waals surface area contributed by atoms with Crippen molar-refractivity contribution in [2.24, 2.45) is 11.8 Å². The fourth-order valence-corrected chi connectivity index (χ4v) is 3.69. The molecule has 0 aromatic heterocycles. The van der Waals surface area contributed by atoms with Gasteiger partial charge < -0.3 is 5.11 Å². The molecule has 0 saturated heterocycles. The summed E-state index contributed by atoms with van der Waals surface area (Å²) in [6.45, 7) is 3.68. The van der Waals surface area contributed by atoms with Crippen molar-refractivity contribution in [2.45, 2.75) is 39.5 Å². The van der Waals surface area contributed by atoms with E-state index >= 15 is 0 Å². The summed E-state index contributed by atoms with van der Waals surface area (Å²) in [5.74, 6) is -1.32. The van der Waals surface area contributed by atoms with E-state index in [2.05, 4.69) is 25.2 Å². The van der Waals surface area contributed by atoms with Crippen LogP contribution in [0.15, 0.2) is 66.8 Å². The number of hydrogen-bond acceptors (Lipinski definition) is 3. The zero-order valence-electron chi connectivity index (χ0n) is 18.0. The van der Waals surface area contributed by atoms with Crippen LogP contribution in [0.25, 0.3) is 5.57 Å². The van der Waals surface area contributed by atoms with Gasteiger partial charge in [-0.1, -0.05) is 73.7 Å². The lowest BCUT2D eigenvalue weighted by atomic mass is 9.91. The highest BCUT2D eigenvalue weighted by Gasteiger charge is 2.22. The minimum Gasteiger partial charge on any atom is -0.481 e. The lowest BCUT2D eigenvalue weighted by Crippen LogP contribution is -2.19. The Bertz CT molecular complexity index is 1010. The number of carboxylic acids is 1. The van der Waals surface area contributed by atoms with Crippen LogP contribution in [-0.4, -0.2) is 22.6 Å². The van der Waals surface area contributed by atoms with Crippen LogP contribution in [0.4, 0.5) is 0 Å². The van der Waals surface area contributed by atoms with E-state index in [-0.39, 0.29) is 18.0 Å². The molecule has 0 spiro atoms. The molecule has 0 amide bonds. The third kappa shape index (κ3) is 6.11. The maximum Gasteiger partial charge on any atom is 0.306 e. The molecule has 3 rings (SSSR count). The Morgan fingerprint density at radius 1 is 1.00 bits per heavy atom. The first-order chi connectivity index (χ1) is 14.8. The number of carboxylic acid groups (broad SMARTS) is 1. The average Bonchev–Trinajstić information content (AvgIpc) is 2.77. The van der Waals surface area contributed by atoms with E-state index in [1.165, 1.54) is 6.92 Å². The highest BCUT2D eigenvalue weighted by Crippen LogP contribution is 2.25. The van der Waals surface area contributed by atoms with Gasteiger partial charge in [-0.15, -0.1) is 0 Å². The first-order valence-corrected chi connectivity index (χ1v) is 10.7. The number of benzene rings is 2. The Hall–Kier alpha value is -3.27. The minimum absolute atomic E-state index is 0.00284. The summed E-state index contributed by atoms with van der Waals surface area (Å²) in [6, 6.07) is 14.6. The third-order valence-electron chi connectivity index (χ3n) is 5.78. The van der Waals surface area contributed by atoms with Crippen LogP contribution in [0.5, 0.6) is 0 Å². The second-order valence-corrected chi connectivity index (χ2v) is 8.26. The minimum atomic E-state index is -0.961. The third-order valence-corrected chi connectivity index (χ3v) is 5.78. The van der Waals surface area contributed by atoms with Crippen molar-refractivity contribution in [1.82, 2.24) is 0 Å². The molecule has 0 bridgehead atoms. The summed E-state index contributed by atoms with van der Waals surface area (Å²) in [5, 5.41) is 9.59. The average molecular weight is 417 g/mol. The van der Waals surface area contributed by atoms with Crippen LogP contribution in [0, 0.1) is 11.8 Å². The number of rotatable bonds is 9. The van der Waals surface area contributed by atoms with Gasteiger partial charge in [0.2, 0.25) is 0 Å². The second kappa shape index (κ2) is 10.2. The van der Waals surface area contributed by atoms with Crippen molar-refractivity contribution in [1.29, 1.82) is 0 Å². The molecule has 0 aliphatic heterocycles. The molecule has 4 nitrogen and oxygen atoms in total. The molecule has 1 aliphatic rings. The molecular formula is C27H28O4. The first-order valence-electron chi connectivity index (χ1n) is 10.7. The Morgan fingerprint density at radius 3 is 2.19 bits per heavy atom. The summed E-state index contributed by atoms with van der Waals surface area (Å²) in [6.07, 6.45) is 8.37. The lowest BCUT2D eigenvalue weighted by molar-refractivity contribution is -0.141. The molecule has 2 unspecified atom stereocenters. The molecule has 2 atom stereocenters. The first kappa shape index (κ1) is 22.4. The normalized spacial score (nSPS) is 16.5. The van der Waals surface area contributed by atoms with E-state index in [1.807, 2.05) is 24.3 Å². The quantitative estimate of drug-likeness (QED) is 0.526. The standard InChI is InChI=1S/C27H28O4/c1-18-3-8-22(9-4-18)23-13-15-24(16-14-23)26(29)17-25(27(30)31)12-7-20-5-10-21(11-6-20)19(2)28/h3,5-6,8-11,13-16,18,25H,4,7,12,17H2,1-2H3,(H,30,31). The fourth-order valence-electron chi connectivity index (χ4n) is 3.69. The monoisotopic (exact) mass is 416 g/mol. The van der Waals surface area contributed by atoms with E-state index in [1.54, 1.807) is 24.3 Å². The van der Waals surface area contributed by atoms with Crippen LogP contribution in [0.2, 0.25) is 0 Å². The van der Waals surface area contributed by atoms with Crippen LogP contribution < -0.4 is 0 Å². The number of hydrogen-bond donors (Lipinski definition) is 1. The molecule has 4 heteroatoms. The number of carbonyl (C=O) groups is 3. The van der Waals surface area contributed by atoms with E-state index in [0.29, 0.717) is 29.9 Å². The van der Waals surface area contributed by atoms with Crippen molar-refractivity contribution in [3.8, 4) is 0 Å². The lowest BCUT2D eigenvalue weighted by Gasteiger charge is -2.13. The van der Waals surface area contributed by atoms with Gasteiger partial charge in [0.25, 0.3) is 0 Å². The van der Waals surface area contributed by atoms with Gasteiger partial charge in [-0.05, 0) is 48.8 Å². The van der Waals surface area contributed by atoms with Gasteiger partial charge in [-0.25, -0.2) is 0 Å². The van der Waals surface area contributed by atoms with E-state index in [9.17, 15) is 19.5 Å². The number of ketones is 2. The summed E-state index contributed by atoms with van der Waals surface area (Å²) in [5.41, 5.74) is 4.33. The molecule has 31 heavy (non-hydrogen) atoms. The summed E-state index contributed by atoms with van der Waals surface area (Å²) in [7, 11) is 0. The summed E-state index contributed by atoms with van der Waals surface area (Å²) in [4.78, 5) is 35.8. The van der Waals surface area contributed by atoms with Crippen LogP contribution >= 0.6 is 0 Å². The van der Waals surface area contributed by atoms with Gasteiger partial charge in [-0.3, -0.25) is 14.4 Å². The SMILES string of the molecule is CC(=O)c1ccc(CCC(CC(=O)c2ccc(C3=CCC(C)C=C3)cc2)C(=O)O)cc1. The number of aliphatic carboxylic acids is 1. The fraction of sp³-hybridized carbons (Fsp3) is 0.296. The van der Waals surface area contributed by atoms with Crippen molar-refractivity contribution in [3.05, 3.63) is 89.0 Å². The molecule has 2 aromatic rings. The molecule has 0 saturated carbocycles. The van der Waals surface area contributed by atoms with Crippen LogP contribution in [0.1, 0.15) is 65.0 Å². The van der Waals surface area contributed by atoms with E-state index in [0.717, 1.165) is 23.1 Å². The van der Waals surface area contributed by atoms with E-state index in [4.69, 9.17) is 0 Å². The van der Waals surface area contributed by atoms with Gasteiger partial charge in [0.15, 0.2) is 11.6 Å². The Kier molecular flexibility index (Phi) is 7.35. The van der Waals surface area contributed by atoms with Gasteiger partial charge >= 0.3 is 5.97 Å². The van der Waals surface area contributed by atoms with Crippen LogP contribution in [-0.2, 0) is 11.2 Å². The largest absolute Gasteiger partial charge is 0.481 e. The maximum absolute atomic E-state index is 12.7. The number of carbonyl (C=O) groups excluding carboxylic acids is 2. The van der Waals surface area contributed by atoms with Gasteiger partial charge in [0.1, 0.15) is 0 Å². The molecular weight excluding hydrogens is 388 g/mol. The van der Waals surface area contributed by atoms with Crippen LogP contribution in [0.3, 0.4) is 0 Å².